The van der Waals surface area contributed by atoms with Crippen LogP contribution in [-0.4, -0.2) is 23.2 Å². The topological polar surface area (TPSA) is 60.5 Å². The molecule has 0 saturated heterocycles. The molecule has 0 aliphatic carbocycles. The molecular weight excluding hydrogens is 532 g/mol. The lowest BCUT2D eigenvalue weighted by atomic mass is 9.88. The van der Waals surface area contributed by atoms with E-state index in [2.05, 4.69) is 61.6 Å². The van der Waals surface area contributed by atoms with Crippen molar-refractivity contribution in [3.63, 3.8) is 0 Å². The number of benzene rings is 3. The number of nitrogens with one attached hydrogen (secondary N) is 1. The van der Waals surface area contributed by atoms with Gasteiger partial charge in [0.1, 0.15) is 12.7 Å². The van der Waals surface area contributed by atoms with E-state index in [-0.39, 0.29) is 12.6 Å². The molecule has 0 saturated carbocycles. The number of pyridine rings is 1. The molecule has 0 aliphatic rings. The van der Waals surface area contributed by atoms with E-state index in [9.17, 15) is 4.79 Å². The van der Waals surface area contributed by atoms with E-state index in [0.29, 0.717) is 11.6 Å². The zero-order valence-corrected chi connectivity index (χ0v) is 26.1. The van der Waals surface area contributed by atoms with E-state index in [1.54, 1.807) is 0 Å². The average Bonchev–Trinajstić information content (AvgIpc) is 2.89. The lowest BCUT2D eigenvalue weighted by molar-refractivity contribution is -0.162. The Labute approximate surface area is 249 Å². The molecule has 1 aromatic heterocycles. The van der Waals surface area contributed by atoms with Gasteiger partial charge in [-0.2, -0.15) is 0 Å². The van der Waals surface area contributed by atoms with Crippen LogP contribution in [0.15, 0.2) is 66.7 Å². The van der Waals surface area contributed by atoms with E-state index in [4.69, 9.17) is 26.1 Å². The van der Waals surface area contributed by atoms with Gasteiger partial charge in [-0.3, -0.25) is 9.78 Å². The summed E-state index contributed by atoms with van der Waals surface area (Å²) < 4.78 is 12.4. The Morgan fingerprint density at radius 3 is 2.20 bits per heavy atom. The number of halogens is 1. The third-order valence-corrected chi connectivity index (χ3v) is 7.01. The first-order valence-corrected chi connectivity index (χ1v) is 14.4. The highest BCUT2D eigenvalue weighted by atomic mass is 35.5. The highest BCUT2D eigenvalue weighted by molar-refractivity contribution is 6.30. The zero-order valence-electron chi connectivity index (χ0n) is 25.4. The number of hydrogen-bond donors (Lipinski definition) is 1. The number of anilines is 1. The Balaban J connectivity index is 1.81. The highest BCUT2D eigenvalue weighted by Gasteiger charge is 2.30. The molecule has 0 bridgehead atoms. The number of aromatic nitrogens is 1. The number of rotatable bonds is 8. The number of hydrogen-bond acceptors (Lipinski definition) is 5. The highest BCUT2D eigenvalue weighted by Crippen LogP contribution is 2.40. The SMILES string of the molecule is Cc1ccc(NCc2ccc3c(-c4ccc(Cl)cc4)c([C@@H](COC(=O)C(C)(C)C)OC(C)(C)C)c(C)cc3n2)cc1. The maximum atomic E-state index is 12.8. The first-order valence-electron chi connectivity index (χ1n) is 14.1. The molecule has 6 heteroatoms. The van der Waals surface area contributed by atoms with Gasteiger partial charge in [-0.1, -0.05) is 47.5 Å². The van der Waals surface area contributed by atoms with E-state index >= 15 is 0 Å². The fraction of sp³-hybridized carbons (Fsp3) is 0.371. The largest absolute Gasteiger partial charge is 0.462 e. The molecule has 1 N–H and O–H groups in total. The second-order valence-corrected chi connectivity index (χ2v) is 13.1. The van der Waals surface area contributed by atoms with Gasteiger partial charge in [0.05, 0.1) is 28.8 Å². The lowest BCUT2D eigenvalue weighted by Gasteiger charge is -2.31. The van der Waals surface area contributed by atoms with Crippen LogP contribution >= 0.6 is 11.6 Å². The predicted molar refractivity (Wildman–Crippen MR) is 169 cm³/mol. The minimum Gasteiger partial charge on any atom is -0.462 e. The van der Waals surface area contributed by atoms with Crippen LogP contribution in [-0.2, 0) is 20.8 Å². The van der Waals surface area contributed by atoms with Crippen molar-refractivity contribution in [1.29, 1.82) is 0 Å². The quantitative estimate of drug-likeness (QED) is 0.213. The van der Waals surface area contributed by atoms with Crippen LogP contribution in [0, 0.1) is 19.3 Å². The van der Waals surface area contributed by atoms with Gasteiger partial charge in [-0.25, -0.2) is 0 Å². The second-order valence-electron chi connectivity index (χ2n) is 12.6. The number of esters is 1. The number of carbonyl (C=O) groups excluding carboxylic acids is 1. The Bertz CT molecular complexity index is 1520. The number of fused-ring (bicyclic) bond motifs is 1. The molecule has 0 amide bonds. The molecule has 3 aromatic carbocycles. The van der Waals surface area contributed by atoms with Crippen molar-refractivity contribution < 1.29 is 14.3 Å². The molecule has 0 aliphatic heterocycles. The number of nitrogens with zero attached hydrogens (tertiary/aromatic N) is 1. The Hall–Kier alpha value is -3.41. The molecule has 1 heterocycles. The molecule has 0 radical (unpaired) electrons. The summed E-state index contributed by atoms with van der Waals surface area (Å²) in [5, 5.41) is 5.13. The fourth-order valence-corrected chi connectivity index (χ4v) is 4.87. The van der Waals surface area contributed by atoms with Gasteiger partial charge in [0.2, 0.25) is 0 Å². The summed E-state index contributed by atoms with van der Waals surface area (Å²) in [7, 11) is 0. The third kappa shape index (κ3) is 7.87. The molecular formula is C35H41ClN2O3. The van der Waals surface area contributed by atoms with Crippen LogP contribution < -0.4 is 5.32 Å². The second kappa shape index (κ2) is 12.2. The molecule has 216 valence electrons. The summed E-state index contributed by atoms with van der Waals surface area (Å²) in [6.45, 7) is 16.5. The average molecular weight is 573 g/mol. The lowest BCUT2D eigenvalue weighted by Crippen LogP contribution is -2.30. The smallest absolute Gasteiger partial charge is 0.311 e. The maximum absolute atomic E-state index is 12.8. The summed E-state index contributed by atoms with van der Waals surface area (Å²) >= 11 is 6.28. The summed E-state index contributed by atoms with van der Waals surface area (Å²) in [5.41, 5.74) is 7.01. The standard InChI is InChI=1S/C35H41ClN2O3/c1-22-9-15-26(16-10-22)37-20-27-17-18-28-29(38-27)19-23(2)31(32(28)24-11-13-25(36)14-12-24)30(41-35(6,7)8)21-40-33(39)34(3,4)5/h9-19,30,37H,20-21H2,1-8H3/t30-/m1/s1. The van der Waals surface area contributed by atoms with Gasteiger partial charge in [-0.05, 0) is 114 Å². The zero-order chi connectivity index (χ0) is 29.9. The summed E-state index contributed by atoms with van der Waals surface area (Å²) in [6.07, 6.45) is -0.487. The van der Waals surface area contributed by atoms with Crippen LogP contribution in [0.5, 0.6) is 0 Å². The van der Waals surface area contributed by atoms with Gasteiger partial charge >= 0.3 is 5.97 Å². The van der Waals surface area contributed by atoms with E-state index < -0.39 is 17.1 Å². The van der Waals surface area contributed by atoms with Gasteiger partial charge in [0.15, 0.2) is 0 Å². The van der Waals surface area contributed by atoms with Gasteiger partial charge < -0.3 is 14.8 Å². The molecule has 1 atom stereocenters. The Morgan fingerprint density at radius 2 is 1.59 bits per heavy atom. The van der Waals surface area contributed by atoms with Crippen molar-refractivity contribution in [2.24, 2.45) is 5.41 Å². The van der Waals surface area contributed by atoms with Crippen molar-refractivity contribution in [3.05, 3.63) is 94.1 Å². The third-order valence-electron chi connectivity index (χ3n) is 6.75. The van der Waals surface area contributed by atoms with Crippen molar-refractivity contribution in [3.8, 4) is 11.1 Å². The van der Waals surface area contributed by atoms with Crippen LogP contribution in [0.1, 0.15) is 70.0 Å². The summed E-state index contributed by atoms with van der Waals surface area (Å²) in [5.74, 6) is -0.265. The number of carbonyl (C=O) groups is 1. The molecule has 0 unspecified atom stereocenters. The van der Waals surface area contributed by atoms with Gasteiger partial charge in [-0.15, -0.1) is 0 Å². The normalized spacial score (nSPS) is 12.8. The number of aryl methyl sites for hydroxylation is 2. The van der Waals surface area contributed by atoms with E-state index in [1.807, 2.05) is 65.8 Å². The van der Waals surface area contributed by atoms with Crippen LogP contribution in [0.4, 0.5) is 5.69 Å². The minimum absolute atomic E-state index is 0.103. The van der Waals surface area contributed by atoms with Crippen LogP contribution in [0.25, 0.3) is 22.0 Å². The van der Waals surface area contributed by atoms with Crippen LogP contribution in [0.2, 0.25) is 5.02 Å². The Kier molecular flexibility index (Phi) is 9.10. The molecule has 4 aromatic rings. The molecule has 41 heavy (non-hydrogen) atoms. The minimum atomic E-state index is -0.614. The van der Waals surface area contributed by atoms with E-state index in [0.717, 1.165) is 44.5 Å². The van der Waals surface area contributed by atoms with Gasteiger partial charge in [0.25, 0.3) is 0 Å². The predicted octanol–water partition coefficient (Wildman–Crippen LogP) is 9.23. The monoisotopic (exact) mass is 572 g/mol. The van der Waals surface area contributed by atoms with Crippen molar-refractivity contribution in [2.45, 2.75) is 73.6 Å². The maximum Gasteiger partial charge on any atom is 0.311 e. The number of ether oxygens (including phenoxy) is 2. The molecule has 0 fully saturated rings. The summed E-state index contributed by atoms with van der Waals surface area (Å²) in [4.78, 5) is 17.8. The first-order chi connectivity index (χ1) is 19.2. The molecule has 0 spiro atoms. The fourth-order valence-electron chi connectivity index (χ4n) is 4.74. The van der Waals surface area contributed by atoms with Crippen molar-refractivity contribution in [1.82, 2.24) is 4.98 Å². The van der Waals surface area contributed by atoms with Gasteiger partial charge in [0, 0.05) is 16.1 Å². The first kappa shape index (κ1) is 30.5. The van der Waals surface area contributed by atoms with Crippen molar-refractivity contribution in [2.75, 3.05) is 11.9 Å². The molecule has 4 rings (SSSR count). The van der Waals surface area contributed by atoms with Crippen LogP contribution in [0.3, 0.4) is 0 Å². The Morgan fingerprint density at radius 1 is 0.927 bits per heavy atom. The molecule has 5 nitrogen and oxygen atoms in total. The van der Waals surface area contributed by atoms with Crippen molar-refractivity contribution >= 4 is 34.2 Å². The summed E-state index contributed by atoms with van der Waals surface area (Å²) in [6, 6.07) is 22.4. The van der Waals surface area contributed by atoms with E-state index in [1.165, 1.54) is 5.56 Å².